The van der Waals surface area contributed by atoms with Gasteiger partial charge in [-0.2, -0.15) is 0 Å². The Bertz CT molecular complexity index is 174. The van der Waals surface area contributed by atoms with E-state index in [0.29, 0.717) is 5.92 Å². The van der Waals surface area contributed by atoms with Crippen molar-refractivity contribution in [1.29, 1.82) is 0 Å². The lowest BCUT2D eigenvalue weighted by molar-refractivity contribution is -0.136. The third-order valence-corrected chi connectivity index (χ3v) is 3.98. The van der Waals surface area contributed by atoms with Gasteiger partial charge in [-0.25, -0.2) is 0 Å². The van der Waals surface area contributed by atoms with E-state index in [-0.39, 0.29) is 3.92 Å². The van der Waals surface area contributed by atoms with Crippen LogP contribution in [0.15, 0.2) is 0 Å². The van der Waals surface area contributed by atoms with E-state index in [2.05, 4.69) is 6.92 Å². The van der Waals surface area contributed by atoms with Crippen molar-refractivity contribution in [2.75, 3.05) is 0 Å². The minimum atomic E-state index is -0.653. The molecule has 0 aromatic rings. The van der Waals surface area contributed by atoms with Crippen LogP contribution in [0.25, 0.3) is 0 Å². The highest BCUT2D eigenvalue weighted by atomic mass is 127. The van der Waals surface area contributed by atoms with Gasteiger partial charge >= 0.3 is 5.97 Å². The van der Waals surface area contributed by atoms with Crippen molar-refractivity contribution >= 4 is 28.6 Å². The van der Waals surface area contributed by atoms with E-state index >= 15 is 0 Å². The highest BCUT2D eigenvalue weighted by molar-refractivity contribution is 14.1. The number of rotatable bonds is 3. The van der Waals surface area contributed by atoms with Crippen molar-refractivity contribution in [1.82, 2.24) is 0 Å². The average molecular weight is 296 g/mol. The number of carboxylic acid groups (broad SMARTS) is 1. The Kier molecular flexibility index (Phi) is 4.49. The van der Waals surface area contributed by atoms with E-state index in [4.69, 9.17) is 5.11 Å². The van der Waals surface area contributed by atoms with Crippen LogP contribution >= 0.6 is 22.6 Å². The number of hydrogen-bond acceptors (Lipinski definition) is 1. The molecule has 0 unspecified atom stereocenters. The Morgan fingerprint density at radius 2 is 2.00 bits per heavy atom. The van der Waals surface area contributed by atoms with Gasteiger partial charge in [-0.1, -0.05) is 55.2 Å². The molecule has 0 saturated heterocycles. The minimum Gasteiger partial charge on any atom is -0.480 e. The Hall–Kier alpha value is 0.200. The van der Waals surface area contributed by atoms with Gasteiger partial charge in [0.2, 0.25) is 0 Å². The topological polar surface area (TPSA) is 37.3 Å². The fourth-order valence-electron chi connectivity index (χ4n) is 1.96. The van der Waals surface area contributed by atoms with Crippen molar-refractivity contribution in [3.05, 3.63) is 0 Å². The summed E-state index contributed by atoms with van der Waals surface area (Å²) in [6, 6.07) is 0. The van der Waals surface area contributed by atoms with Crippen LogP contribution in [-0.4, -0.2) is 15.0 Å². The van der Waals surface area contributed by atoms with Gasteiger partial charge in [-0.3, -0.25) is 4.79 Å². The van der Waals surface area contributed by atoms with E-state index in [1.165, 1.54) is 25.7 Å². The molecule has 0 aromatic carbocycles. The second-order valence-electron chi connectivity index (χ2n) is 4.17. The largest absolute Gasteiger partial charge is 0.480 e. The summed E-state index contributed by atoms with van der Waals surface area (Å²) in [5.41, 5.74) is 0. The van der Waals surface area contributed by atoms with Crippen molar-refractivity contribution in [2.24, 2.45) is 11.8 Å². The van der Waals surface area contributed by atoms with E-state index in [9.17, 15) is 4.79 Å². The first-order valence-electron chi connectivity index (χ1n) is 4.96. The van der Waals surface area contributed by atoms with E-state index in [1.807, 2.05) is 22.6 Å². The molecular formula is C10H17IO2. The van der Waals surface area contributed by atoms with Crippen molar-refractivity contribution in [3.8, 4) is 0 Å². The van der Waals surface area contributed by atoms with E-state index < -0.39 is 5.97 Å². The number of halogens is 1. The zero-order valence-corrected chi connectivity index (χ0v) is 10.2. The van der Waals surface area contributed by atoms with Crippen LogP contribution in [0.5, 0.6) is 0 Å². The zero-order valence-electron chi connectivity index (χ0n) is 8.00. The molecule has 1 saturated carbocycles. The third-order valence-electron chi connectivity index (χ3n) is 2.94. The standard InChI is InChI=1S/C10H17IO2/c1-7-2-4-8(5-3-7)6-9(11)10(12)13/h7-9H,2-6H2,1H3,(H,12,13)/t7?,8?,9-/m0/s1. The van der Waals surface area contributed by atoms with Crippen LogP contribution in [0.4, 0.5) is 0 Å². The second-order valence-corrected chi connectivity index (χ2v) is 5.67. The maximum absolute atomic E-state index is 10.6. The molecule has 0 amide bonds. The monoisotopic (exact) mass is 296 g/mol. The molecule has 0 aromatic heterocycles. The molecule has 0 bridgehead atoms. The molecule has 1 aliphatic rings. The fourth-order valence-corrected chi connectivity index (χ4v) is 2.68. The lowest BCUT2D eigenvalue weighted by atomic mass is 9.81. The number of carboxylic acids is 1. The maximum atomic E-state index is 10.6. The van der Waals surface area contributed by atoms with Gasteiger partial charge in [0.05, 0.1) is 0 Å². The van der Waals surface area contributed by atoms with Crippen LogP contribution in [0.1, 0.15) is 39.0 Å². The van der Waals surface area contributed by atoms with Gasteiger partial charge in [-0.05, 0) is 18.3 Å². The molecule has 3 heteroatoms. The SMILES string of the molecule is CC1CCC(C[C@H](I)C(=O)O)CC1. The van der Waals surface area contributed by atoms with Gasteiger partial charge in [0, 0.05) is 0 Å². The quantitative estimate of drug-likeness (QED) is 0.642. The van der Waals surface area contributed by atoms with E-state index in [0.717, 1.165) is 12.3 Å². The van der Waals surface area contributed by atoms with Crippen LogP contribution in [-0.2, 0) is 4.79 Å². The second kappa shape index (κ2) is 5.17. The van der Waals surface area contributed by atoms with Crippen LogP contribution in [0, 0.1) is 11.8 Å². The van der Waals surface area contributed by atoms with Gasteiger partial charge in [0.25, 0.3) is 0 Å². The van der Waals surface area contributed by atoms with Crippen molar-refractivity contribution < 1.29 is 9.90 Å². The van der Waals surface area contributed by atoms with Crippen molar-refractivity contribution in [3.63, 3.8) is 0 Å². The van der Waals surface area contributed by atoms with Crippen LogP contribution in [0.3, 0.4) is 0 Å². The molecule has 76 valence electrons. The molecule has 1 atom stereocenters. The smallest absolute Gasteiger partial charge is 0.316 e. The van der Waals surface area contributed by atoms with Crippen molar-refractivity contribution in [2.45, 2.75) is 43.0 Å². The summed E-state index contributed by atoms with van der Waals surface area (Å²) in [5.74, 6) is 0.863. The average Bonchev–Trinajstić information content (AvgIpc) is 2.08. The summed E-state index contributed by atoms with van der Waals surface area (Å²) >= 11 is 2.04. The Balaban J connectivity index is 2.26. The highest BCUT2D eigenvalue weighted by Crippen LogP contribution is 2.32. The van der Waals surface area contributed by atoms with Crippen LogP contribution < -0.4 is 0 Å². The molecule has 1 rings (SSSR count). The van der Waals surface area contributed by atoms with Gasteiger partial charge in [0.15, 0.2) is 0 Å². The molecule has 1 N–H and O–H groups in total. The fraction of sp³-hybridized carbons (Fsp3) is 0.900. The molecule has 1 aliphatic carbocycles. The summed E-state index contributed by atoms with van der Waals surface area (Å²) in [7, 11) is 0. The molecule has 0 aliphatic heterocycles. The van der Waals surface area contributed by atoms with Gasteiger partial charge in [-0.15, -0.1) is 0 Å². The predicted octanol–water partition coefficient (Wildman–Crippen LogP) is 3.09. The summed E-state index contributed by atoms with van der Waals surface area (Å²) in [4.78, 5) is 10.6. The summed E-state index contributed by atoms with van der Waals surface area (Å²) < 4.78 is -0.184. The summed E-state index contributed by atoms with van der Waals surface area (Å²) in [5, 5.41) is 8.76. The van der Waals surface area contributed by atoms with Gasteiger partial charge < -0.3 is 5.11 Å². The molecule has 13 heavy (non-hydrogen) atoms. The summed E-state index contributed by atoms with van der Waals surface area (Å²) in [6.45, 7) is 2.29. The first-order valence-corrected chi connectivity index (χ1v) is 6.21. The Labute approximate surface area is 93.2 Å². The number of hydrogen-bond donors (Lipinski definition) is 1. The van der Waals surface area contributed by atoms with E-state index in [1.54, 1.807) is 0 Å². The maximum Gasteiger partial charge on any atom is 0.316 e. The summed E-state index contributed by atoms with van der Waals surface area (Å²) in [6.07, 6.45) is 5.89. The van der Waals surface area contributed by atoms with Gasteiger partial charge in [0.1, 0.15) is 3.92 Å². The molecule has 0 radical (unpaired) electrons. The number of carbonyl (C=O) groups is 1. The lowest BCUT2D eigenvalue weighted by Crippen LogP contribution is -2.20. The first kappa shape index (κ1) is 11.3. The number of alkyl halides is 1. The molecule has 0 spiro atoms. The molecule has 1 fully saturated rings. The third kappa shape index (κ3) is 3.83. The normalized spacial score (nSPS) is 31.2. The van der Waals surface area contributed by atoms with Crippen LogP contribution in [0.2, 0.25) is 0 Å². The predicted molar refractivity (Wildman–Crippen MR) is 61.2 cm³/mol. The zero-order chi connectivity index (χ0) is 9.84. The Morgan fingerprint density at radius 1 is 1.46 bits per heavy atom. The molecule has 2 nitrogen and oxygen atoms in total. The number of aliphatic carboxylic acids is 1. The minimum absolute atomic E-state index is 0.184. The molecule has 0 heterocycles. The Morgan fingerprint density at radius 3 is 2.46 bits per heavy atom. The molecular weight excluding hydrogens is 279 g/mol. The first-order chi connectivity index (χ1) is 6.09. The highest BCUT2D eigenvalue weighted by Gasteiger charge is 2.23. The lowest BCUT2D eigenvalue weighted by Gasteiger charge is -2.26.